The normalized spacial score (nSPS) is 12.8. The van der Waals surface area contributed by atoms with E-state index in [9.17, 15) is 14.0 Å². The third kappa shape index (κ3) is 3.22. The van der Waals surface area contributed by atoms with Crippen molar-refractivity contribution in [1.29, 1.82) is 0 Å². The molecule has 7 nitrogen and oxygen atoms in total. The highest BCUT2D eigenvalue weighted by atomic mass is 19.1. The highest BCUT2D eigenvalue weighted by Gasteiger charge is 2.28. The maximum atomic E-state index is 13.6. The maximum absolute atomic E-state index is 13.6. The zero-order valence-electron chi connectivity index (χ0n) is 13.2. The van der Waals surface area contributed by atoms with Gasteiger partial charge in [0.15, 0.2) is 5.82 Å². The molecule has 1 aromatic carbocycles. The van der Waals surface area contributed by atoms with E-state index in [0.29, 0.717) is 31.0 Å². The van der Waals surface area contributed by atoms with Crippen LogP contribution in [0.1, 0.15) is 23.7 Å². The standard InChI is InChI=1S/C16H18FN5O2/c1-2-18-16(24)22-8-11-13(9-22)20-21-15(11)19-14(23)7-10-5-3-4-6-12(10)17/h3-6H,2,7-9H2,1H3,(H,18,24)(H2,19,20,21,23). The summed E-state index contributed by atoms with van der Waals surface area (Å²) in [5, 5.41) is 12.3. The summed E-state index contributed by atoms with van der Waals surface area (Å²) in [6, 6.07) is 5.99. The summed E-state index contributed by atoms with van der Waals surface area (Å²) in [5.41, 5.74) is 1.90. The second-order valence-electron chi connectivity index (χ2n) is 5.54. The number of halogens is 1. The van der Waals surface area contributed by atoms with Gasteiger partial charge in [0.25, 0.3) is 0 Å². The molecule has 3 N–H and O–H groups in total. The van der Waals surface area contributed by atoms with Crippen LogP contribution in [0.15, 0.2) is 24.3 Å². The van der Waals surface area contributed by atoms with Gasteiger partial charge in [0, 0.05) is 12.1 Å². The van der Waals surface area contributed by atoms with Crippen molar-refractivity contribution in [3.05, 3.63) is 46.9 Å². The molecule has 24 heavy (non-hydrogen) atoms. The molecule has 0 fully saturated rings. The zero-order valence-corrected chi connectivity index (χ0v) is 13.2. The largest absolute Gasteiger partial charge is 0.338 e. The highest BCUT2D eigenvalue weighted by molar-refractivity contribution is 5.92. The number of hydrogen-bond donors (Lipinski definition) is 3. The van der Waals surface area contributed by atoms with Crippen LogP contribution in [0.2, 0.25) is 0 Å². The van der Waals surface area contributed by atoms with Crippen LogP contribution in [0.25, 0.3) is 0 Å². The molecule has 126 valence electrons. The van der Waals surface area contributed by atoms with Gasteiger partial charge in [-0.15, -0.1) is 0 Å². The van der Waals surface area contributed by atoms with E-state index in [-0.39, 0.29) is 18.4 Å². The number of anilines is 1. The predicted molar refractivity (Wildman–Crippen MR) is 85.6 cm³/mol. The lowest BCUT2D eigenvalue weighted by Gasteiger charge is -2.15. The number of amides is 3. The van der Waals surface area contributed by atoms with E-state index in [1.807, 2.05) is 6.92 Å². The predicted octanol–water partition coefficient (Wildman–Crippen LogP) is 1.78. The third-order valence-electron chi connectivity index (χ3n) is 3.83. The molecule has 0 bridgehead atoms. The number of urea groups is 1. The Kier molecular flexibility index (Phi) is 4.45. The Balaban J connectivity index is 1.65. The Morgan fingerprint density at radius 2 is 2.12 bits per heavy atom. The lowest BCUT2D eigenvalue weighted by atomic mass is 10.1. The van der Waals surface area contributed by atoms with Gasteiger partial charge >= 0.3 is 6.03 Å². The number of aromatic amines is 1. The number of carbonyl (C=O) groups is 2. The molecule has 0 aliphatic carbocycles. The molecule has 0 saturated carbocycles. The summed E-state index contributed by atoms with van der Waals surface area (Å²) in [4.78, 5) is 25.6. The van der Waals surface area contributed by atoms with E-state index in [4.69, 9.17) is 0 Å². The van der Waals surface area contributed by atoms with Crippen molar-refractivity contribution in [2.75, 3.05) is 11.9 Å². The summed E-state index contributed by atoms with van der Waals surface area (Å²) in [7, 11) is 0. The Labute approximate surface area is 138 Å². The van der Waals surface area contributed by atoms with Crippen molar-refractivity contribution in [2.24, 2.45) is 0 Å². The molecule has 0 atom stereocenters. The van der Waals surface area contributed by atoms with Gasteiger partial charge in [0.1, 0.15) is 5.82 Å². The molecule has 0 spiro atoms. The molecule has 0 saturated heterocycles. The van der Waals surface area contributed by atoms with Crippen molar-refractivity contribution in [3.63, 3.8) is 0 Å². The highest BCUT2D eigenvalue weighted by Crippen LogP contribution is 2.27. The van der Waals surface area contributed by atoms with Gasteiger partial charge in [-0.3, -0.25) is 9.89 Å². The number of nitrogens with zero attached hydrogens (tertiary/aromatic N) is 2. The van der Waals surface area contributed by atoms with E-state index in [0.717, 1.165) is 11.3 Å². The molecular formula is C16H18FN5O2. The number of carbonyl (C=O) groups excluding carboxylic acids is 2. The minimum Gasteiger partial charge on any atom is -0.338 e. The molecule has 1 aliphatic rings. The van der Waals surface area contributed by atoms with Gasteiger partial charge in [0.05, 0.1) is 25.2 Å². The van der Waals surface area contributed by atoms with E-state index < -0.39 is 5.82 Å². The van der Waals surface area contributed by atoms with Crippen LogP contribution in [-0.4, -0.2) is 33.6 Å². The average molecular weight is 331 g/mol. The number of hydrogen-bond acceptors (Lipinski definition) is 3. The third-order valence-corrected chi connectivity index (χ3v) is 3.83. The van der Waals surface area contributed by atoms with Crippen LogP contribution < -0.4 is 10.6 Å². The first kappa shape index (κ1) is 16.0. The fourth-order valence-corrected chi connectivity index (χ4v) is 2.64. The summed E-state index contributed by atoms with van der Waals surface area (Å²) < 4.78 is 13.6. The van der Waals surface area contributed by atoms with Gasteiger partial charge in [-0.25, -0.2) is 9.18 Å². The van der Waals surface area contributed by atoms with Crippen molar-refractivity contribution in [1.82, 2.24) is 20.4 Å². The average Bonchev–Trinajstić information content (AvgIpc) is 3.12. The second-order valence-corrected chi connectivity index (χ2v) is 5.54. The first-order chi connectivity index (χ1) is 11.6. The first-order valence-electron chi connectivity index (χ1n) is 7.70. The van der Waals surface area contributed by atoms with Crippen molar-refractivity contribution in [2.45, 2.75) is 26.4 Å². The van der Waals surface area contributed by atoms with Gasteiger partial charge < -0.3 is 15.5 Å². The van der Waals surface area contributed by atoms with Gasteiger partial charge in [-0.2, -0.15) is 5.10 Å². The second kappa shape index (κ2) is 6.69. The van der Waals surface area contributed by atoms with Crippen LogP contribution >= 0.6 is 0 Å². The minimum atomic E-state index is -0.415. The number of nitrogens with one attached hydrogen (secondary N) is 3. The minimum absolute atomic E-state index is 0.0751. The zero-order chi connectivity index (χ0) is 17.1. The van der Waals surface area contributed by atoms with E-state index in [1.165, 1.54) is 6.07 Å². The number of H-pyrrole nitrogens is 1. The lowest BCUT2D eigenvalue weighted by molar-refractivity contribution is -0.115. The summed E-state index contributed by atoms with van der Waals surface area (Å²) in [5.74, 6) is -0.383. The molecule has 1 aromatic heterocycles. The summed E-state index contributed by atoms with van der Waals surface area (Å²) in [6.07, 6.45) is -0.0751. The first-order valence-corrected chi connectivity index (χ1v) is 7.70. The van der Waals surface area contributed by atoms with Gasteiger partial charge in [-0.1, -0.05) is 18.2 Å². The molecule has 8 heteroatoms. The SMILES string of the molecule is CCNC(=O)N1Cc2[nH]nc(NC(=O)Cc3ccccc3F)c2C1. The van der Waals surface area contributed by atoms with Gasteiger partial charge in [0.2, 0.25) is 5.91 Å². The Morgan fingerprint density at radius 1 is 1.33 bits per heavy atom. The quantitative estimate of drug-likeness (QED) is 0.797. The Morgan fingerprint density at radius 3 is 2.88 bits per heavy atom. The van der Waals surface area contributed by atoms with Crippen LogP contribution in [0, 0.1) is 5.82 Å². The Hall–Kier alpha value is -2.90. The topological polar surface area (TPSA) is 90.1 Å². The molecule has 3 amide bonds. The van der Waals surface area contributed by atoms with Crippen molar-refractivity contribution in [3.8, 4) is 0 Å². The molecule has 2 aromatic rings. The molecular weight excluding hydrogens is 313 g/mol. The molecule has 1 aliphatic heterocycles. The number of aromatic nitrogens is 2. The van der Waals surface area contributed by atoms with Crippen LogP contribution in [-0.2, 0) is 24.3 Å². The van der Waals surface area contributed by atoms with Crippen LogP contribution in [0.5, 0.6) is 0 Å². The monoisotopic (exact) mass is 331 g/mol. The fourth-order valence-electron chi connectivity index (χ4n) is 2.64. The molecule has 0 radical (unpaired) electrons. The lowest BCUT2D eigenvalue weighted by Crippen LogP contribution is -2.36. The van der Waals surface area contributed by atoms with E-state index in [2.05, 4.69) is 20.8 Å². The Bertz CT molecular complexity index is 774. The van der Waals surface area contributed by atoms with Gasteiger partial charge in [-0.05, 0) is 18.6 Å². The van der Waals surface area contributed by atoms with E-state index >= 15 is 0 Å². The molecule has 3 rings (SSSR count). The van der Waals surface area contributed by atoms with E-state index in [1.54, 1.807) is 23.1 Å². The van der Waals surface area contributed by atoms with Crippen molar-refractivity contribution < 1.29 is 14.0 Å². The molecule has 0 unspecified atom stereocenters. The number of fused-ring (bicyclic) bond motifs is 1. The number of rotatable bonds is 4. The summed E-state index contributed by atoms with van der Waals surface area (Å²) in [6.45, 7) is 3.18. The van der Waals surface area contributed by atoms with Crippen LogP contribution in [0.3, 0.4) is 0 Å². The van der Waals surface area contributed by atoms with Crippen LogP contribution in [0.4, 0.5) is 15.0 Å². The fraction of sp³-hybridized carbons (Fsp3) is 0.312. The maximum Gasteiger partial charge on any atom is 0.318 e. The smallest absolute Gasteiger partial charge is 0.318 e. The van der Waals surface area contributed by atoms with Crippen molar-refractivity contribution >= 4 is 17.8 Å². The number of benzene rings is 1. The molecule has 2 heterocycles. The summed E-state index contributed by atoms with van der Waals surface area (Å²) >= 11 is 0.